The quantitative estimate of drug-likeness (QED) is 0.352. The predicted octanol–water partition coefficient (Wildman–Crippen LogP) is 4.71. The molecule has 3 amide bonds. The number of likely N-dealkylation sites (N-methyl/N-ethyl adjacent to an activating group) is 1. The molecule has 10 heteroatoms. The Labute approximate surface area is 282 Å². The average Bonchev–Trinajstić information content (AvgIpc) is 3.46. The van der Waals surface area contributed by atoms with Crippen molar-refractivity contribution in [2.45, 2.75) is 45.8 Å². The number of carbonyl (C=O) groups excluding carboxylic acids is 3. The SMILES string of the molecule is CC(C)N1CCN(C(=O)CCc2ccc3c(c2)N(Cc2ccc(C4=NCCN4C)cc2)C(=O)CN(C(=O)c2ccc(Cl)cc2)C3)CC1. The van der Waals surface area contributed by atoms with E-state index in [0.29, 0.717) is 42.6 Å². The summed E-state index contributed by atoms with van der Waals surface area (Å²) in [5, 5.41) is 0.548. The van der Waals surface area contributed by atoms with Crippen LogP contribution in [0.4, 0.5) is 5.69 Å². The summed E-state index contributed by atoms with van der Waals surface area (Å²) in [6.45, 7) is 9.99. The molecule has 0 radical (unpaired) electrons. The van der Waals surface area contributed by atoms with Gasteiger partial charge in [-0.2, -0.15) is 0 Å². The molecule has 0 unspecified atom stereocenters. The Morgan fingerprint density at radius 2 is 1.55 bits per heavy atom. The molecular formula is C37H43ClN6O3. The van der Waals surface area contributed by atoms with Crippen molar-refractivity contribution in [3.8, 4) is 0 Å². The lowest BCUT2D eigenvalue weighted by Crippen LogP contribution is -2.50. The van der Waals surface area contributed by atoms with E-state index in [-0.39, 0.29) is 24.3 Å². The molecule has 3 aromatic carbocycles. The number of rotatable bonds is 8. The number of aryl methyl sites for hydroxylation is 1. The van der Waals surface area contributed by atoms with Crippen molar-refractivity contribution < 1.29 is 14.4 Å². The van der Waals surface area contributed by atoms with E-state index in [4.69, 9.17) is 11.6 Å². The Morgan fingerprint density at radius 3 is 2.21 bits per heavy atom. The zero-order chi connectivity index (χ0) is 33.1. The van der Waals surface area contributed by atoms with Gasteiger partial charge in [-0.15, -0.1) is 0 Å². The van der Waals surface area contributed by atoms with Crippen LogP contribution in [0.15, 0.2) is 71.7 Å². The number of benzene rings is 3. The molecule has 246 valence electrons. The second kappa shape index (κ2) is 14.3. The van der Waals surface area contributed by atoms with Gasteiger partial charge in [-0.3, -0.25) is 24.3 Å². The van der Waals surface area contributed by atoms with Crippen LogP contribution in [-0.4, -0.2) is 102 Å². The Balaban J connectivity index is 1.23. The van der Waals surface area contributed by atoms with Gasteiger partial charge in [0.15, 0.2) is 0 Å². The van der Waals surface area contributed by atoms with Crippen molar-refractivity contribution in [1.29, 1.82) is 0 Å². The average molecular weight is 655 g/mol. The summed E-state index contributed by atoms with van der Waals surface area (Å²) in [4.78, 5) is 55.2. The molecule has 0 aliphatic carbocycles. The number of amidine groups is 1. The van der Waals surface area contributed by atoms with Gasteiger partial charge in [0.2, 0.25) is 11.8 Å². The third kappa shape index (κ3) is 7.52. The number of hydrogen-bond donors (Lipinski definition) is 0. The molecule has 0 bridgehead atoms. The zero-order valence-corrected chi connectivity index (χ0v) is 28.2. The molecule has 9 nitrogen and oxygen atoms in total. The maximum absolute atomic E-state index is 14.0. The van der Waals surface area contributed by atoms with Crippen molar-refractivity contribution in [3.05, 3.63) is 99.6 Å². The minimum Gasteiger partial charge on any atom is -0.358 e. The third-order valence-electron chi connectivity index (χ3n) is 9.44. The van der Waals surface area contributed by atoms with Crippen LogP contribution in [0.2, 0.25) is 5.02 Å². The Morgan fingerprint density at radius 1 is 0.851 bits per heavy atom. The molecular weight excluding hydrogens is 612 g/mol. The molecule has 3 heterocycles. The molecule has 0 aromatic heterocycles. The van der Waals surface area contributed by atoms with E-state index in [9.17, 15) is 14.4 Å². The van der Waals surface area contributed by atoms with Crippen LogP contribution in [0, 0.1) is 0 Å². The van der Waals surface area contributed by atoms with Gasteiger partial charge in [-0.05, 0) is 67.3 Å². The highest BCUT2D eigenvalue weighted by Crippen LogP contribution is 2.30. The minimum absolute atomic E-state index is 0.0496. The summed E-state index contributed by atoms with van der Waals surface area (Å²) < 4.78 is 0. The maximum Gasteiger partial charge on any atom is 0.254 e. The van der Waals surface area contributed by atoms with Crippen LogP contribution in [0.5, 0.6) is 0 Å². The zero-order valence-electron chi connectivity index (χ0n) is 27.5. The molecule has 3 aliphatic rings. The smallest absolute Gasteiger partial charge is 0.254 e. The normalized spacial score (nSPS) is 17.2. The number of amides is 3. The number of anilines is 1. The second-order valence-corrected chi connectivity index (χ2v) is 13.4. The first-order chi connectivity index (χ1) is 22.7. The molecule has 3 aliphatic heterocycles. The first-order valence-electron chi connectivity index (χ1n) is 16.5. The van der Waals surface area contributed by atoms with Crippen molar-refractivity contribution in [3.63, 3.8) is 0 Å². The highest BCUT2D eigenvalue weighted by atomic mass is 35.5. The highest BCUT2D eigenvalue weighted by molar-refractivity contribution is 6.30. The van der Waals surface area contributed by atoms with Crippen LogP contribution in [0.25, 0.3) is 0 Å². The summed E-state index contributed by atoms with van der Waals surface area (Å²) in [5.41, 5.74) is 5.17. The predicted molar refractivity (Wildman–Crippen MR) is 186 cm³/mol. The van der Waals surface area contributed by atoms with Gasteiger partial charge < -0.3 is 19.6 Å². The molecule has 1 saturated heterocycles. The molecule has 0 saturated carbocycles. The van der Waals surface area contributed by atoms with Gasteiger partial charge in [0, 0.05) is 80.6 Å². The summed E-state index contributed by atoms with van der Waals surface area (Å²) >= 11 is 6.07. The molecule has 0 atom stereocenters. The van der Waals surface area contributed by atoms with Crippen LogP contribution in [0.1, 0.15) is 52.9 Å². The number of hydrogen-bond acceptors (Lipinski definition) is 6. The topological polar surface area (TPSA) is 79.8 Å². The van der Waals surface area contributed by atoms with E-state index < -0.39 is 0 Å². The van der Waals surface area contributed by atoms with Crippen LogP contribution >= 0.6 is 11.6 Å². The number of halogens is 1. The minimum atomic E-state index is -0.221. The van der Waals surface area contributed by atoms with E-state index in [0.717, 1.165) is 73.0 Å². The summed E-state index contributed by atoms with van der Waals surface area (Å²) in [7, 11) is 2.04. The molecule has 0 N–H and O–H groups in total. The molecule has 47 heavy (non-hydrogen) atoms. The lowest BCUT2D eigenvalue weighted by atomic mass is 10.0. The van der Waals surface area contributed by atoms with Crippen molar-refractivity contribution in [1.82, 2.24) is 19.6 Å². The Bertz CT molecular complexity index is 1650. The Kier molecular flexibility index (Phi) is 9.94. The van der Waals surface area contributed by atoms with Gasteiger partial charge >= 0.3 is 0 Å². The largest absolute Gasteiger partial charge is 0.358 e. The number of carbonyl (C=O) groups is 3. The molecule has 3 aromatic rings. The monoisotopic (exact) mass is 654 g/mol. The standard InChI is InChI=1S/C37H43ClN6O3/c1-26(2)41-18-20-42(21-19-41)34(45)15-7-27-4-10-31-24-43(37(47)30-11-13-32(38)14-12-30)25-35(46)44(33(31)22-27)23-28-5-8-29(9-6-28)36-39-16-17-40(36)3/h4-6,8-14,22,26H,7,15-21,23-25H2,1-3H3. The van der Waals surface area contributed by atoms with E-state index >= 15 is 0 Å². The van der Waals surface area contributed by atoms with E-state index in [1.807, 2.05) is 42.3 Å². The van der Waals surface area contributed by atoms with Gasteiger partial charge in [0.1, 0.15) is 12.4 Å². The van der Waals surface area contributed by atoms with Crippen molar-refractivity contribution >= 4 is 40.8 Å². The van der Waals surface area contributed by atoms with E-state index in [1.165, 1.54) is 0 Å². The highest BCUT2D eigenvalue weighted by Gasteiger charge is 2.30. The molecule has 0 spiro atoms. The second-order valence-electron chi connectivity index (χ2n) is 12.9. The van der Waals surface area contributed by atoms with Crippen LogP contribution in [0.3, 0.4) is 0 Å². The molecule has 6 rings (SSSR count). The molecule has 1 fully saturated rings. The van der Waals surface area contributed by atoms with E-state index in [2.05, 4.69) is 40.8 Å². The summed E-state index contributed by atoms with van der Waals surface area (Å²) in [5.74, 6) is 0.755. The third-order valence-corrected chi connectivity index (χ3v) is 9.70. The van der Waals surface area contributed by atoms with Gasteiger partial charge in [-0.25, -0.2) is 0 Å². The number of nitrogens with zero attached hydrogens (tertiary/aromatic N) is 6. The number of aliphatic imine (C=N–C) groups is 1. The fourth-order valence-corrected chi connectivity index (χ4v) is 6.70. The first-order valence-corrected chi connectivity index (χ1v) is 16.9. The lowest BCUT2D eigenvalue weighted by molar-refractivity contribution is -0.133. The lowest BCUT2D eigenvalue weighted by Gasteiger charge is -2.37. The fraction of sp³-hybridized carbons (Fsp3) is 0.405. The van der Waals surface area contributed by atoms with Gasteiger partial charge in [-0.1, -0.05) is 48.0 Å². The maximum atomic E-state index is 14.0. The first kappa shape index (κ1) is 32.7. The van der Waals surface area contributed by atoms with E-state index in [1.54, 1.807) is 34.1 Å². The van der Waals surface area contributed by atoms with Crippen molar-refractivity contribution in [2.24, 2.45) is 4.99 Å². The van der Waals surface area contributed by atoms with Crippen LogP contribution < -0.4 is 4.90 Å². The number of piperazine rings is 1. The van der Waals surface area contributed by atoms with Crippen molar-refractivity contribution in [2.75, 3.05) is 57.8 Å². The van der Waals surface area contributed by atoms with Gasteiger partial charge in [0.25, 0.3) is 5.91 Å². The Hall–Kier alpha value is -4.21. The fourth-order valence-electron chi connectivity index (χ4n) is 6.57. The number of fused-ring (bicyclic) bond motifs is 1. The summed E-state index contributed by atoms with van der Waals surface area (Å²) in [6.07, 6.45) is 0.992. The summed E-state index contributed by atoms with van der Waals surface area (Å²) in [6, 6.07) is 21.5. The van der Waals surface area contributed by atoms with Gasteiger partial charge in [0.05, 0.1) is 13.1 Å². The van der Waals surface area contributed by atoms with Crippen LogP contribution in [-0.2, 0) is 29.1 Å².